The van der Waals surface area contributed by atoms with Crippen LogP contribution in [0.2, 0.25) is 0 Å². The summed E-state index contributed by atoms with van der Waals surface area (Å²) in [5.41, 5.74) is 1.21. The van der Waals surface area contributed by atoms with E-state index >= 15 is 0 Å². The van der Waals surface area contributed by atoms with Gasteiger partial charge in [-0.25, -0.2) is 0 Å². The minimum Gasteiger partial charge on any atom is -0.392 e. The number of hydrogen-bond donors (Lipinski definition) is 1. The average molecular weight is 289 g/mol. The molecule has 0 radical (unpaired) electrons. The monoisotopic (exact) mass is 289 g/mol. The van der Waals surface area contributed by atoms with E-state index in [9.17, 15) is 5.11 Å². The van der Waals surface area contributed by atoms with E-state index in [4.69, 9.17) is 9.78 Å². The van der Waals surface area contributed by atoms with Crippen molar-refractivity contribution in [3.05, 3.63) is 41.5 Å². The minimum atomic E-state index is -0.752. The second-order valence-electron chi connectivity index (χ2n) is 4.43. The number of nitrogens with zero attached hydrogens (tertiary/aromatic N) is 3. The number of aryl methyl sites for hydroxylation is 1. The molecule has 6 heteroatoms. The number of aromatic nitrogens is 2. The first-order chi connectivity index (χ1) is 9.67. The quantitative estimate of drug-likeness (QED) is 0.823. The fourth-order valence-electron chi connectivity index (χ4n) is 1.66. The molecule has 5 nitrogen and oxygen atoms in total. The summed E-state index contributed by atoms with van der Waals surface area (Å²) in [4.78, 5) is 5.36. The van der Waals surface area contributed by atoms with Gasteiger partial charge in [0.2, 0.25) is 5.89 Å². The highest BCUT2D eigenvalue weighted by Gasteiger charge is 2.12. The molecule has 1 unspecified atom stereocenters. The number of thioether (sulfide) groups is 1. The standard InChI is InChI=1S/C14H15N3O2S/c1-10-3-2-4-12(7-10)20-9-13-16-14(19-17-13)8-11(18)5-6-15/h2-4,7,11,18H,5,8-9H2,1H3. The lowest BCUT2D eigenvalue weighted by Crippen LogP contribution is -2.09. The first kappa shape index (κ1) is 14.6. The van der Waals surface area contributed by atoms with Crippen molar-refractivity contribution >= 4 is 11.8 Å². The van der Waals surface area contributed by atoms with E-state index in [2.05, 4.69) is 16.2 Å². The highest BCUT2D eigenvalue weighted by atomic mass is 32.2. The lowest BCUT2D eigenvalue weighted by Gasteiger charge is -2.00. The first-order valence-corrected chi connectivity index (χ1v) is 7.22. The van der Waals surface area contributed by atoms with Gasteiger partial charge in [0.25, 0.3) is 0 Å². The third kappa shape index (κ3) is 4.37. The Kier molecular flexibility index (Phi) is 5.16. The third-order valence-corrected chi connectivity index (χ3v) is 3.59. The fraction of sp³-hybridized carbons (Fsp3) is 0.357. The number of benzene rings is 1. The molecule has 1 heterocycles. The van der Waals surface area contributed by atoms with E-state index < -0.39 is 6.10 Å². The zero-order valence-electron chi connectivity index (χ0n) is 11.1. The van der Waals surface area contributed by atoms with Crippen LogP contribution in [0.4, 0.5) is 0 Å². The number of aliphatic hydroxyl groups is 1. The van der Waals surface area contributed by atoms with Gasteiger partial charge in [-0.15, -0.1) is 11.8 Å². The molecule has 1 N–H and O–H groups in total. The summed E-state index contributed by atoms with van der Waals surface area (Å²) >= 11 is 1.63. The van der Waals surface area contributed by atoms with Crippen LogP contribution in [-0.4, -0.2) is 21.4 Å². The Morgan fingerprint density at radius 1 is 1.50 bits per heavy atom. The summed E-state index contributed by atoms with van der Waals surface area (Å²) in [7, 11) is 0. The van der Waals surface area contributed by atoms with Crippen molar-refractivity contribution < 1.29 is 9.63 Å². The van der Waals surface area contributed by atoms with Gasteiger partial charge in [0.05, 0.1) is 30.8 Å². The molecule has 0 aliphatic heterocycles. The molecule has 2 aromatic rings. The van der Waals surface area contributed by atoms with Gasteiger partial charge >= 0.3 is 0 Å². The Morgan fingerprint density at radius 2 is 2.35 bits per heavy atom. The number of nitriles is 1. The van der Waals surface area contributed by atoms with Crippen LogP contribution in [0, 0.1) is 18.3 Å². The highest BCUT2D eigenvalue weighted by molar-refractivity contribution is 7.98. The van der Waals surface area contributed by atoms with Crippen molar-refractivity contribution in [3.63, 3.8) is 0 Å². The molecule has 1 aromatic heterocycles. The summed E-state index contributed by atoms with van der Waals surface area (Å²) in [6.45, 7) is 2.05. The Morgan fingerprint density at radius 3 is 3.10 bits per heavy atom. The summed E-state index contributed by atoms with van der Waals surface area (Å²) in [6.07, 6.45) is -0.469. The Hall–Kier alpha value is -1.84. The van der Waals surface area contributed by atoms with E-state index in [0.29, 0.717) is 17.5 Å². The second-order valence-corrected chi connectivity index (χ2v) is 5.48. The van der Waals surface area contributed by atoms with E-state index in [-0.39, 0.29) is 12.8 Å². The zero-order chi connectivity index (χ0) is 14.4. The van der Waals surface area contributed by atoms with Gasteiger partial charge in [0.1, 0.15) is 0 Å². The molecule has 0 amide bonds. The molecule has 0 bridgehead atoms. The van der Waals surface area contributed by atoms with Crippen molar-refractivity contribution in [2.24, 2.45) is 0 Å². The third-order valence-electron chi connectivity index (χ3n) is 2.60. The number of hydrogen-bond acceptors (Lipinski definition) is 6. The van der Waals surface area contributed by atoms with Gasteiger partial charge in [-0.05, 0) is 19.1 Å². The SMILES string of the molecule is Cc1cccc(SCc2noc(CC(O)CC#N)n2)c1. The van der Waals surface area contributed by atoms with Gasteiger partial charge in [0.15, 0.2) is 5.82 Å². The average Bonchev–Trinajstić information content (AvgIpc) is 2.84. The summed E-state index contributed by atoms with van der Waals surface area (Å²) in [6, 6.07) is 10.1. The Bertz CT molecular complexity index is 606. The maximum absolute atomic E-state index is 9.49. The largest absolute Gasteiger partial charge is 0.392 e. The summed E-state index contributed by atoms with van der Waals surface area (Å²) in [5.74, 6) is 1.57. The molecule has 1 atom stereocenters. The highest BCUT2D eigenvalue weighted by Crippen LogP contribution is 2.22. The van der Waals surface area contributed by atoms with Gasteiger partial charge < -0.3 is 9.63 Å². The second kappa shape index (κ2) is 7.08. The van der Waals surface area contributed by atoms with Gasteiger partial charge in [-0.1, -0.05) is 22.9 Å². The minimum absolute atomic E-state index is 0.0652. The molecular formula is C14H15N3O2S. The molecule has 0 saturated carbocycles. The lowest BCUT2D eigenvalue weighted by atomic mass is 10.2. The molecule has 1 aromatic carbocycles. The first-order valence-electron chi connectivity index (χ1n) is 6.23. The Balaban J connectivity index is 1.88. The van der Waals surface area contributed by atoms with Gasteiger partial charge in [0, 0.05) is 4.90 Å². The van der Waals surface area contributed by atoms with E-state index in [0.717, 1.165) is 4.90 Å². The predicted molar refractivity (Wildman–Crippen MR) is 75.0 cm³/mol. The van der Waals surface area contributed by atoms with Crippen LogP contribution >= 0.6 is 11.8 Å². The van der Waals surface area contributed by atoms with Crippen LogP contribution in [0.25, 0.3) is 0 Å². The molecule has 2 rings (SSSR count). The van der Waals surface area contributed by atoms with Crippen LogP contribution in [-0.2, 0) is 12.2 Å². The topological polar surface area (TPSA) is 82.9 Å². The molecule has 0 saturated heterocycles. The maximum Gasteiger partial charge on any atom is 0.229 e. The van der Waals surface area contributed by atoms with Crippen LogP contribution in [0.1, 0.15) is 23.7 Å². The molecule has 104 valence electrons. The zero-order valence-corrected chi connectivity index (χ0v) is 11.9. The van der Waals surface area contributed by atoms with Crippen LogP contribution < -0.4 is 0 Å². The van der Waals surface area contributed by atoms with Crippen LogP contribution in [0.3, 0.4) is 0 Å². The maximum atomic E-state index is 9.49. The lowest BCUT2D eigenvalue weighted by molar-refractivity contribution is 0.167. The molecule has 0 aliphatic carbocycles. The van der Waals surface area contributed by atoms with Crippen LogP contribution in [0.5, 0.6) is 0 Å². The van der Waals surface area contributed by atoms with E-state index in [1.807, 2.05) is 31.2 Å². The summed E-state index contributed by atoms with van der Waals surface area (Å²) < 4.78 is 5.05. The van der Waals surface area contributed by atoms with E-state index in [1.165, 1.54) is 5.56 Å². The normalized spacial score (nSPS) is 12.1. The van der Waals surface area contributed by atoms with Crippen LogP contribution in [0.15, 0.2) is 33.7 Å². The van der Waals surface area contributed by atoms with Crippen molar-refractivity contribution in [2.75, 3.05) is 0 Å². The molecular weight excluding hydrogens is 274 g/mol. The van der Waals surface area contributed by atoms with Crippen molar-refractivity contribution in [1.29, 1.82) is 5.26 Å². The predicted octanol–water partition coefficient (Wildman–Crippen LogP) is 2.49. The van der Waals surface area contributed by atoms with Crippen molar-refractivity contribution in [2.45, 2.75) is 36.5 Å². The van der Waals surface area contributed by atoms with Gasteiger partial charge in [-0.3, -0.25) is 0 Å². The molecule has 20 heavy (non-hydrogen) atoms. The number of rotatable bonds is 6. The smallest absolute Gasteiger partial charge is 0.229 e. The molecule has 0 aliphatic rings. The van der Waals surface area contributed by atoms with Crippen molar-refractivity contribution in [1.82, 2.24) is 10.1 Å². The molecule has 0 fully saturated rings. The fourth-order valence-corrected chi connectivity index (χ4v) is 2.52. The Labute approximate surface area is 121 Å². The number of aliphatic hydroxyl groups excluding tert-OH is 1. The molecule has 0 spiro atoms. The summed E-state index contributed by atoms with van der Waals surface area (Å²) in [5, 5.41) is 21.8. The van der Waals surface area contributed by atoms with Gasteiger partial charge in [-0.2, -0.15) is 10.2 Å². The van der Waals surface area contributed by atoms with E-state index in [1.54, 1.807) is 11.8 Å². The van der Waals surface area contributed by atoms with Crippen molar-refractivity contribution in [3.8, 4) is 6.07 Å².